The number of hydrogen-bond donors (Lipinski definition) is 2. The van der Waals surface area contributed by atoms with Gasteiger partial charge in [-0.2, -0.15) is 0 Å². The maximum Gasteiger partial charge on any atom is 0.261 e. The van der Waals surface area contributed by atoms with Crippen molar-refractivity contribution in [2.75, 3.05) is 0 Å². The van der Waals surface area contributed by atoms with E-state index in [1.165, 1.54) is 15.9 Å². The number of benzene rings is 1. The average Bonchev–Trinajstić information content (AvgIpc) is 3.23. The van der Waals surface area contributed by atoms with Crippen molar-refractivity contribution in [2.24, 2.45) is 7.05 Å². The number of pyridine rings is 1. The number of amides is 1. The second-order valence-electron chi connectivity index (χ2n) is 6.56. The lowest BCUT2D eigenvalue weighted by Crippen LogP contribution is -2.27. The van der Waals surface area contributed by atoms with Crippen LogP contribution in [-0.4, -0.2) is 25.4 Å². The SMILES string of the molecule is CC(NC(=O)c1ccc2c(=O)n(C)c(=S)[nH]c2c1)c1nc(-c2cccnc2)cs1. The molecule has 0 aliphatic rings. The Balaban J connectivity index is 1.56. The fraction of sp³-hybridized carbons (Fsp3) is 0.150. The van der Waals surface area contributed by atoms with Crippen LogP contribution in [0.3, 0.4) is 0 Å². The van der Waals surface area contributed by atoms with E-state index in [1.54, 1.807) is 37.6 Å². The van der Waals surface area contributed by atoms with Crippen LogP contribution in [0, 0.1) is 4.77 Å². The van der Waals surface area contributed by atoms with Crippen LogP contribution in [0.4, 0.5) is 0 Å². The number of carbonyl (C=O) groups is 1. The molecule has 146 valence electrons. The summed E-state index contributed by atoms with van der Waals surface area (Å²) in [6.07, 6.45) is 3.47. The number of hydrogen-bond acceptors (Lipinski definition) is 6. The molecule has 0 bridgehead atoms. The van der Waals surface area contributed by atoms with Gasteiger partial charge in [0.25, 0.3) is 11.5 Å². The Kier molecular flexibility index (Phi) is 5.08. The van der Waals surface area contributed by atoms with E-state index in [4.69, 9.17) is 12.2 Å². The normalized spacial score (nSPS) is 12.1. The van der Waals surface area contributed by atoms with Gasteiger partial charge >= 0.3 is 0 Å². The van der Waals surface area contributed by atoms with Crippen molar-refractivity contribution < 1.29 is 4.79 Å². The predicted molar refractivity (Wildman–Crippen MR) is 116 cm³/mol. The first-order valence-corrected chi connectivity index (χ1v) is 10.1. The number of nitrogens with zero attached hydrogens (tertiary/aromatic N) is 3. The van der Waals surface area contributed by atoms with Crippen LogP contribution in [0.1, 0.15) is 28.3 Å². The molecule has 0 spiro atoms. The van der Waals surface area contributed by atoms with Crippen molar-refractivity contribution in [1.82, 2.24) is 24.8 Å². The Labute approximate surface area is 175 Å². The van der Waals surface area contributed by atoms with E-state index < -0.39 is 0 Å². The van der Waals surface area contributed by atoms with Gasteiger partial charge in [0.15, 0.2) is 4.77 Å². The van der Waals surface area contributed by atoms with Crippen LogP contribution in [0.15, 0.2) is 52.9 Å². The van der Waals surface area contributed by atoms with Crippen LogP contribution in [-0.2, 0) is 7.05 Å². The Hall–Kier alpha value is -3.17. The van der Waals surface area contributed by atoms with E-state index in [1.807, 2.05) is 24.4 Å². The Morgan fingerprint density at radius 3 is 2.93 bits per heavy atom. The molecule has 29 heavy (non-hydrogen) atoms. The van der Waals surface area contributed by atoms with Crippen molar-refractivity contribution in [3.63, 3.8) is 0 Å². The molecule has 3 aromatic heterocycles. The topological polar surface area (TPSA) is 92.7 Å². The summed E-state index contributed by atoms with van der Waals surface area (Å²) in [5.41, 5.74) is 2.53. The number of aromatic nitrogens is 4. The van der Waals surface area contributed by atoms with E-state index in [0.717, 1.165) is 16.3 Å². The largest absolute Gasteiger partial charge is 0.343 e. The minimum Gasteiger partial charge on any atom is -0.343 e. The molecule has 1 aromatic carbocycles. The lowest BCUT2D eigenvalue weighted by Gasteiger charge is -2.12. The van der Waals surface area contributed by atoms with Crippen LogP contribution >= 0.6 is 23.6 Å². The van der Waals surface area contributed by atoms with E-state index in [2.05, 4.69) is 20.3 Å². The highest BCUT2D eigenvalue weighted by Gasteiger charge is 2.16. The van der Waals surface area contributed by atoms with Crippen molar-refractivity contribution >= 4 is 40.4 Å². The minimum atomic E-state index is -0.268. The van der Waals surface area contributed by atoms with Gasteiger partial charge in [0.05, 0.1) is 22.6 Å². The fourth-order valence-electron chi connectivity index (χ4n) is 2.92. The zero-order chi connectivity index (χ0) is 20.5. The third-order valence-corrected chi connectivity index (χ3v) is 5.96. The molecule has 2 N–H and O–H groups in total. The minimum absolute atomic E-state index is 0.199. The molecule has 4 aromatic rings. The molecule has 0 aliphatic carbocycles. The number of fused-ring (bicyclic) bond motifs is 1. The highest BCUT2D eigenvalue weighted by molar-refractivity contribution is 7.71. The van der Waals surface area contributed by atoms with E-state index >= 15 is 0 Å². The first kappa shape index (κ1) is 19.2. The quantitative estimate of drug-likeness (QED) is 0.489. The summed E-state index contributed by atoms with van der Waals surface area (Å²) in [6.45, 7) is 1.88. The number of carbonyl (C=O) groups excluding carboxylic acids is 1. The van der Waals surface area contributed by atoms with Gasteiger partial charge in [-0.3, -0.25) is 19.1 Å². The molecule has 7 nitrogen and oxygen atoms in total. The number of nitrogens with one attached hydrogen (secondary N) is 2. The predicted octanol–water partition coefficient (Wildman–Crippen LogP) is 3.61. The van der Waals surface area contributed by atoms with Gasteiger partial charge in [0.2, 0.25) is 0 Å². The van der Waals surface area contributed by atoms with Crippen LogP contribution < -0.4 is 10.9 Å². The smallest absolute Gasteiger partial charge is 0.261 e. The molecular weight excluding hydrogens is 406 g/mol. The first-order valence-electron chi connectivity index (χ1n) is 8.84. The molecule has 3 heterocycles. The maximum atomic E-state index is 12.7. The van der Waals surface area contributed by atoms with Crippen molar-refractivity contribution in [3.8, 4) is 11.3 Å². The van der Waals surface area contributed by atoms with Gasteiger partial charge in [0, 0.05) is 35.9 Å². The lowest BCUT2D eigenvalue weighted by molar-refractivity contribution is 0.0940. The molecular formula is C20H17N5O2S2. The Morgan fingerprint density at radius 1 is 1.34 bits per heavy atom. The fourth-order valence-corrected chi connectivity index (χ4v) is 3.95. The van der Waals surface area contributed by atoms with E-state index in [0.29, 0.717) is 21.2 Å². The molecule has 1 amide bonds. The molecule has 1 unspecified atom stereocenters. The second kappa shape index (κ2) is 7.69. The van der Waals surface area contributed by atoms with E-state index in [-0.39, 0.29) is 17.5 Å². The molecule has 0 saturated heterocycles. The summed E-state index contributed by atoms with van der Waals surface area (Å²) in [5.74, 6) is -0.252. The highest BCUT2D eigenvalue weighted by atomic mass is 32.1. The van der Waals surface area contributed by atoms with Gasteiger partial charge in [-0.25, -0.2) is 4.98 Å². The van der Waals surface area contributed by atoms with Gasteiger partial charge in [-0.1, -0.05) is 0 Å². The van der Waals surface area contributed by atoms with Crippen LogP contribution in [0.2, 0.25) is 0 Å². The number of H-pyrrole nitrogens is 1. The third kappa shape index (κ3) is 3.74. The molecule has 0 radical (unpaired) electrons. The van der Waals surface area contributed by atoms with Crippen LogP contribution in [0.25, 0.3) is 22.2 Å². The first-order chi connectivity index (χ1) is 13.9. The molecule has 0 fully saturated rings. The lowest BCUT2D eigenvalue weighted by atomic mass is 10.1. The highest BCUT2D eigenvalue weighted by Crippen LogP contribution is 2.25. The molecule has 4 rings (SSSR count). The van der Waals surface area contributed by atoms with Gasteiger partial charge in [-0.05, 0) is 49.5 Å². The van der Waals surface area contributed by atoms with Gasteiger partial charge in [0.1, 0.15) is 5.01 Å². The standard InChI is InChI=1S/C20H17N5O2S2/c1-11(18-23-16(10-29-18)13-4-3-7-21-9-13)22-17(26)12-5-6-14-15(8-12)24-20(28)25(2)19(14)27/h3-11H,1-2H3,(H,22,26)(H,24,28). The number of aromatic amines is 1. The van der Waals surface area contributed by atoms with Crippen molar-refractivity contribution in [3.05, 3.63) is 73.8 Å². The molecule has 9 heteroatoms. The molecule has 0 saturated carbocycles. The summed E-state index contributed by atoms with van der Waals surface area (Å²) in [5, 5.41) is 6.17. The summed E-state index contributed by atoms with van der Waals surface area (Å²) in [4.78, 5) is 36.7. The zero-order valence-corrected chi connectivity index (χ0v) is 17.3. The summed E-state index contributed by atoms with van der Waals surface area (Å²) >= 11 is 6.63. The van der Waals surface area contributed by atoms with Gasteiger partial charge in [-0.15, -0.1) is 11.3 Å². The van der Waals surface area contributed by atoms with Crippen molar-refractivity contribution in [2.45, 2.75) is 13.0 Å². The monoisotopic (exact) mass is 423 g/mol. The Morgan fingerprint density at radius 2 is 2.17 bits per heavy atom. The van der Waals surface area contributed by atoms with Crippen LogP contribution in [0.5, 0.6) is 0 Å². The summed E-state index contributed by atoms with van der Waals surface area (Å²) in [7, 11) is 1.61. The van der Waals surface area contributed by atoms with E-state index in [9.17, 15) is 9.59 Å². The maximum absolute atomic E-state index is 12.7. The Bertz CT molecular complexity index is 1320. The van der Waals surface area contributed by atoms with Crippen molar-refractivity contribution in [1.29, 1.82) is 0 Å². The third-order valence-electron chi connectivity index (χ3n) is 4.56. The summed E-state index contributed by atoms with van der Waals surface area (Å²) < 4.78 is 1.67. The summed E-state index contributed by atoms with van der Waals surface area (Å²) in [6, 6.07) is 8.43. The average molecular weight is 424 g/mol. The number of rotatable bonds is 4. The second-order valence-corrected chi connectivity index (χ2v) is 7.84. The zero-order valence-electron chi connectivity index (χ0n) is 15.7. The number of thiazole rings is 1. The molecule has 0 aliphatic heterocycles. The van der Waals surface area contributed by atoms with Gasteiger partial charge < -0.3 is 10.3 Å². The molecule has 1 atom stereocenters.